The molecule has 8 heterocycles. The van der Waals surface area contributed by atoms with Gasteiger partial charge in [-0.05, 0) is 244 Å². The Balaban J connectivity index is 0.000000412. The molecule has 1 aliphatic heterocycles. The van der Waals surface area contributed by atoms with Crippen LogP contribution in [0.4, 0.5) is 4.79 Å². The maximum atomic E-state index is 12.0. The van der Waals surface area contributed by atoms with Gasteiger partial charge in [0.2, 0.25) is 0 Å². The molecule has 2 unspecified atom stereocenters. The molecule has 5 aromatic carbocycles. The van der Waals surface area contributed by atoms with Crippen LogP contribution in [0, 0.1) is 75.2 Å². The summed E-state index contributed by atoms with van der Waals surface area (Å²) in [6.45, 7) is 43.9. The summed E-state index contributed by atoms with van der Waals surface area (Å²) in [5, 5.41) is 47.5. The molecule has 36 nitrogen and oxygen atoms in total. The number of rotatable bonds is 25. The van der Waals surface area contributed by atoms with Gasteiger partial charge in [-0.25, -0.2) is 82.6 Å². The van der Waals surface area contributed by atoms with Crippen molar-refractivity contribution in [2.45, 2.75) is 166 Å². The molecule has 7 aromatic heterocycles. The third kappa shape index (κ3) is 45.2. The number of carboxylic acid groups (broad SMARTS) is 1. The van der Waals surface area contributed by atoms with E-state index in [1.807, 2.05) is 158 Å². The molecular formula is C94H116BBr5ClLiN22O14. The first-order chi connectivity index (χ1) is 64.3. The van der Waals surface area contributed by atoms with Gasteiger partial charge in [-0.2, -0.15) is 0 Å². The SMILES string of the molecule is C1CCOC1.CC(C)COC(=O)Cl.CCN(CC)CC.Cc1cc(C)cc(-c2ncn(/C=C(/Br)C(=O)O)n2)c1.Cc1cc(C)cc(-c2ncn(/C=C(/Br)C(=O)OC(C)C)n2)c1.Cc1cc(C)cc(-c2ncn(/C=C(/Br)C(N)=O)n2)c1.Cc1cc(C)cc(-c2ncn(/C=C(\C(N)=O)c3cncnc3)n2)c1.Cc1cc(C)cc(-c2ncn(C(Br)C(Br)C(=O)OC(C)C)n2)c1.OB(O)c1cncnc1.[Li+].[OH-]. The molecule has 1 aliphatic rings. The Hall–Kier alpha value is -11.1. The summed E-state index contributed by atoms with van der Waals surface area (Å²) in [4.78, 5) is 105. The zero-order valence-electron chi connectivity index (χ0n) is 80.7. The monoisotopic (exact) mass is 2220 g/mol. The molecule has 732 valence electrons. The quantitative estimate of drug-likeness (QED) is 0.00886. The molecule has 0 bridgehead atoms. The number of carboxylic acids is 1. The number of alkyl halides is 2. The number of carbonyl (C=O) groups is 6. The molecule has 0 spiro atoms. The molecular weight excluding hydrogens is 2110 g/mol. The zero-order valence-corrected chi connectivity index (χ0v) is 89.4. The fourth-order valence-electron chi connectivity index (χ4n) is 12.0. The molecule has 44 heteroatoms. The second kappa shape index (κ2) is 62.8. The number of esters is 2. The molecule has 0 radical (unpaired) electrons. The Labute approximate surface area is 863 Å². The summed E-state index contributed by atoms with van der Waals surface area (Å²) in [6.07, 6.45) is 24.2. The number of halogens is 6. The third-order valence-corrected chi connectivity index (χ3v) is 22.0. The second-order valence-electron chi connectivity index (χ2n) is 31.4. The number of benzene rings is 5. The summed E-state index contributed by atoms with van der Waals surface area (Å²) in [5.74, 6) is 0.369. The fourth-order valence-corrected chi connectivity index (χ4v) is 13.5. The molecule has 2 amide bonds. The van der Waals surface area contributed by atoms with Gasteiger partial charge >= 0.3 is 49.3 Å². The number of nitrogens with two attached hydrogens (primary N) is 2. The number of nitrogens with zero attached hydrogens (tertiary/aromatic N) is 20. The van der Waals surface area contributed by atoms with E-state index >= 15 is 0 Å². The maximum absolute atomic E-state index is 12.0. The van der Waals surface area contributed by atoms with Crippen LogP contribution in [0.25, 0.3) is 87.3 Å². The van der Waals surface area contributed by atoms with E-state index in [1.54, 1.807) is 31.2 Å². The van der Waals surface area contributed by atoms with Crippen LogP contribution in [0.5, 0.6) is 0 Å². The molecule has 8 N–H and O–H groups in total. The Bertz CT molecular complexity index is 5760. The maximum Gasteiger partial charge on any atom is 1.00 e. The summed E-state index contributed by atoms with van der Waals surface area (Å²) >= 11 is 20.9. The summed E-state index contributed by atoms with van der Waals surface area (Å²) in [7, 11) is -1.47. The zero-order chi connectivity index (χ0) is 101. The average molecular weight is 2230 g/mol. The van der Waals surface area contributed by atoms with E-state index in [9.17, 15) is 28.8 Å². The van der Waals surface area contributed by atoms with Crippen LogP contribution in [0.2, 0.25) is 0 Å². The summed E-state index contributed by atoms with van der Waals surface area (Å²) in [6, 6.07) is 30.6. The second-order valence-corrected chi connectivity index (χ2v) is 36.2. The van der Waals surface area contributed by atoms with Crippen molar-refractivity contribution in [2.24, 2.45) is 17.4 Å². The first-order valence-corrected chi connectivity index (χ1v) is 47.3. The van der Waals surface area contributed by atoms with Crippen molar-refractivity contribution < 1.29 is 87.2 Å². The predicted molar refractivity (Wildman–Crippen MR) is 549 cm³/mol. The van der Waals surface area contributed by atoms with E-state index in [4.69, 9.17) is 52.4 Å². The topological polar surface area (TPSA) is 490 Å². The molecule has 12 aromatic rings. The molecule has 138 heavy (non-hydrogen) atoms. The van der Waals surface area contributed by atoms with E-state index in [0.717, 1.165) is 96.7 Å². The van der Waals surface area contributed by atoms with Gasteiger partial charge in [-0.3, -0.25) is 14.4 Å². The number of carbonyl (C=O) groups excluding carboxylic acids is 5. The smallest absolute Gasteiger partial charge is 0.870 e. The van der Waals surface area contributed by atoms with Crippen molar-refractivity contribution in [3.8, 4) is 56.9 Å². The van der Waals surface area contributed by atoms with Gasteiger partial charge in [-0.1, -0.05) is 152 Å². The summed E-state index contributed by atoms with van der Waals surface area (Å²) in [5.41, 5.74) is 27.1. The van der Waals surface area contributed by atoms with E-state index in [0.29, 0.717) is 52.7 Å². The van der Waals surface area contributed by atoms with Crippen molar-refractivity contribution in [1.82, 2.24) is 98.7 Å². The van der Waals surface area contributed by atoms with Gasteiger partial charge in [0.15, 0.2) is 29.1 Å². The summed E-state index contributed by atoms with van der Waals surface area (Å²) < 4.78 is 27.6. The average Bonchev–Trinajstić information content (AvgIpc) is 1.70. The van der Waals surface area contributed by atoms with Crippen molar-refractivity contribution in [2.75, 3.05) is 39.5 Å². The van der Waals surface area contributed by atoms with Crippen LogP contribution in [-0.4, -0.2) is 218 Å². The Morgan fingerprint density at radius 2 is 0.797 bits per heavy atom. The Morgan fingerprint density at radius 1 is 0.478 bits per heavy atom. The number of aryl methyl sites for hydroxylation is 10. The fraction of sp³-hybridized carbons (Fsp3) is 0.340. The van der Waals surface area contributed by atoms with Crippen molar-refractivity contribution >= 4 is 169 Å². The van der Waals surface area contributed by atoms with Crippen LogP contribution in [0.15, 0.2) is 174 Å². The molecule has 0 aliphatic carbocycles. The minimum Gasteiger partial charge on any atom is -0.870 e. The van der Waals surface area contributed by atoms with Gasteiger partial charge in [-0.15, -0.1) is 25.5 Å². The standard InChI is InChI=1S/C17H16N6O.C16H19Br2N3O2.C16H18BrN3O2.C13H13BrN4O.C13H12BrN3O2.C6H15N.C5H9ClO2.C4H5BN2O2.C4H8O.Li.H2O/c1-11-3-12(2)5-13(4-11)17-21-10-23(22-17)8-15(16(18)24)14-6-19-9-20-7-14;1-9(2)23-16(22)13(17)14(18)21-8-19-15(20-21)12-6-10(3)5-11(4)7-12;1-10(2)22-16(21)14(17)8-20-9-18-15(19-20)13-6-11(3)5-12(4)7-13;1-8-3-9(2)5-10(4-8)13-16-7-18(17-13)6-11(14)12(15)19;1-8-3-9(2)5-10(4-8)12-15-7-17(16-12)6-11(14)13(18)19;1-4-7(5-2)6-3;1-4(2)3-8-5(6)7;8-5(9)4-1-6-3-7-2-4;1-2-4-5-3-1;;/h3-10H,1-2H3,(H2,18,24);5-9,13-14H,1-4H3;5-10H,1-4H3;3-7H,1-2H3,(H2,15,19);3-7H,1-2H3,(H,18,19);4-6H2,1-3H3;4H,3H2,1-2H3;1-3,8-9H;1-4H2;;1H2/q;;;;;;;;;+1;/p-1/b15-8-;;14-8+;2*11-6+;;;;;;. The van der Waals surface area contributed by atoms with E-state index in [1.165, 1.54) is 132 Å². The van der Waals surface area contributed by atoms with Crippen LogP contribution >= 0.6 is 91.3 Å². The van der Waals surface area contributed by atoms with Crippen LogP contribution in [0.1, 0.15) is 141 Å². The van der Waals surface area contributed by atoms with Crippen molar-refractivity contribution in [3.63, 3.8) is 0 Å². The molecule has 2 atom stereocenters. The van der Waals surface area contributed by atoms with Gasteiger partial charge < -0.3 is 55.9 Å². The molecule has 13 rings (SSSR count). The van der Waals surface area contributed by atoms with Gasteiger partial charge in [0.25, 0.3) is 11.8 Å². The number of hydrogen-bond acceptors (Lipinski definition) is 28. The van der Waals surface area contributed by atoms with E-state index in [-0.39, 0.29) is 66.5 Å². The molecule has 0 saturated carbocycles. The van der Waals surface area contributed by atoms with Crippen molar-refractivity contribution in [1.29, 1.82) is 0 Å². The number of aromatic nitrogens is 19. The van der Waals surface area contributed by atoms with Crippen LogP contribution in [-0.2, 0) is 42.9 Å². The number of hydrogen-bond donors (Lipinski definition) is 5. The normalized spacial score (nSPS) is 11.9. The van der Waals surface area contributed by atoms with Crippen LogP contribution in [0.3, 0.4) is 0 Å². The minimum absolute atomic E-state index is 0. The van der Waals surface area contributed by atoms with Gasteiger partial charge in [0.1, 0.15) is 67.5 Å². The molecule has 1 fully saturated rings. The van der Waals surface area contributed by atoms with E-state index in [2.05, 4.69) is 211 Å². The minimum atomic E-state index is -1.47. The number of ether oxygens (including phenoxy) is 4. The Kier molecular flexibility index (Phi) is 55.0. The van der Waals surface area contributed by atoms with E-state index < -0.39 is 41.1 Å². The Morgan fingerprint density at radius 3 is 1.07 bits per heavy atom. The van der Waals surface area contributed by atoms with Gasteiger partial charge in [0, 0.05) is 94.6 Å². The largest absolute Gasteiger partial charge is 1.00 e. The number of amides is 2. The molecule has 1 saturated heterocycles. The first-order valence-electron chi connectivity index (χ1n) is 42.7. The predicted octanol–water partition coefficient (Wildman–Crippen LogP) is 13.9. The first kappa shape index (κ1) is 121. The third-order valence-electron chi connectivity index (χ3n) is 17.7. The number of primary amides is 2. The number of aliphatic carboxylic acids is 1. The van der Waals surface area contributed by atoms with Gasteiger partial charge in [0.05, 0.1) is 43.0 Å². The van der Waals surface area contributed by atoms with Crippen molar-refractivity contribution in [3.05, 3.63) is 235 Å². The van der Waals surface area contributed by atoms with Crippen LogP contribution < -0.4 is 35.8 Å².